The van der Waals surface area contributed by atoms with E-state index in [4.69, 9.17) is 9.72 Å². The highest BCUT2D eigenvalue weighted by Crippen LogP contribution is 2.36. The quantitative estimate of drug-likeness (QED) is 0.666. The van der Waals surface area contributed by atoms with Gasteiger partial charge in [0.15, 0.2) is 0 Å². The molecule has 2 atom stereocenters. The summed E-state index contributed by atoms with van der Waals surface area (Å²) in [5.74, 6) is 1.94. The van der Waals surface area contributed by atoms with Gasteiger partial charge in [0.25, 0.3) is 5.56 Å². The van der Waals surface area contributed by atoms with Crippen molar-refractivity contribution in [2.75, 3.05) is 36.5 Å². The third kappa shape index (κ3) is 4.49. The van der Waals surface area contributed by atoms with Crippen molar-refractivity contribution in [2.45, 2.75) is 57.9 Å². The number of anilines is 2. The number of hydrogen-bond donors (Lipinski definition) is 1. The van der Waals surface area contributed by atoms with Crippen LogP contribution in [0, 0.1) is 5.92 Å². The summed E-state index contributed by atoms with van der Waals surface area (Å²) in [6.45, 7) is 5.64. The van der Waals surface area contributed by atoms with Crippen molar-refractivity contribution in [1.82, 2.24) is 19.5 Å². The highest BCUT2D eigenvalue weighted by molar-refractivity contribution is 5.40. The molecule has 8 heteroatoms. The smallest absolute Gasteiger partial charge is 0.323 e. The van der Waals surface area contributed by atoms with Crippen LogP contribution in [0.3, 0.4) is 0 Å². The molecule has 2 aromatic heterocycles. The van der Waals surface area contributed by atoms with Crippen LogP contribution >= 0.6 is 0 Å². The number of aromatic nitrogens is 4. The number of nitrogens with one attached hydrogen (secondary N) is 1. The standard InChI is InChI=1S/C24H32N6O2/c1-2-32-24-27-22(25-12-11-17-7-4-3-5-8-17)26-23(28-24)29-14-18-13-19(16-29)20-9-6-10-21(31)30(20)15-18/h6-7,9-10,18-19H,2-5,8,11-16H2,1H3,(H,25,26,27,28)/t18-,19+/m0/s1. The molecule has 2 bridgehead atoms. The van der Waals surface area contributed by atoms with E-state index < -0.39 is 0 Å². The van der Waals surface area contributed by atoms with Crippen LogP contribution in [0.2, 0.25) is 0 Å². The Morgan fingerprint density at radius 2 is 2.09 bits per heavy atom. The van der Waals surface area contributed by atoms with E-state index in [0.717, 1.165) is 44.7 Å². The highest BCUT2D eigenvalue weighted by Gasteiger charge is 2.35. The number of ether oxygens (including phenoxy) is 1. The predicted molar refractivity (Wildman–Crippen MR) is 124 cm³/mol. The van der Waals surface area contributed by atoms with Gasteiger partial charge in [-0.05, 0) is 57.4 Å². The summed E-state index contributed by atoms with van der Waals surface area (Å²) in [4.78, 5) is 28.4. The molecule has 0 saturated carbocycles. The molecule has 32 heavy (non-hydrogen) atoms. The molecule has 0 amide bonds. The Morgan fingerprint density at radius 3 is 2.94 bits per heavy atom. The number of allylic oxidation sites excluding steroid dienone is 1. The molecule has 0 radical (unpaired) electrons. The lowest BCUT2D eigenvalue weighted by Crippen LogP contribution is -2.47. The molecule has 1 aliphatic carbocycles. The Bertz CT molecular complexity index is 1050. The van der Waals surface area contributed by atoms with Gasteiger partial charge in [0.1, 0.15) is 0 Å². The lowest BCUT2D eigenvalue weighted by molar-refractivity contribution is 0.277. The van der Waals surface area contributed by atoms with Gasteiger partial charge < -0.3 is 19.5 Å². The van der Waals surface area contributed by atoms with Crippen LogP contribution < -0.4 is 20.5 Å². The van der Waals surface area contributed by atoms with Gasteiger partial charge in [-0.2, -0.15) is 15.0 Å². The first-order valence-corrected chi connectivity index (χ1v) is 11.9. The second-order valence-corrected chi connectivity index (χ2v) is 9.06. The van der Waals surface area contributed by atoms with Crippen LogP contribution in [0.15, 0.2) is 34.6 Å². The zero-order valence-corrected chi connectivity index (χ0v) is 18.8. The van der Waals surface area contributed by atoms with Crippen molar-refractivity contribution in [1.29, 1.82) is 0 Å². The fraction of sp³-hybridized carbons (Fsp3) is 0.583. The van der Waals surface area contributed by atoms with Crippen molar-refractivity contribution in [2.24, 2.45) is 5.92 Å². The second kappa shape index (κ2) is 9.30. The second-order valence-electron chi connectivity index (χ2n) is 9.06. The number of hydrogen-bond acceptors (Lipinski definition) is 7. The number of piperidine rings is 1. The average molecular weight is 437 g/mol. The minimum atomic E-state index is 0.101. The number of pyridine rings is 1. The van der Waals surface area contributed by atoms with Gasteiger partial charge in [0.05, 0.1) is 6.61 Å². The molecular weight excluding hydrogens is 404 g/mol. The van der Waals surface area contributed by atoms with Gasteiger partial charge in [-0.3, -0.25) is 4.79 Å². The zero-order chi connectivity index (χ0) is 21.9. The van der Waals surface area contributed by atoms with E-state index in [9.17, 15) is 4.79 Å². The van der Waals surface area contributed by atoms with Crippen LogP contribution in [0.1, 0.15) is 57.1 Å². The molecule has 8 nitrogen and oxygen atoms in total. The molecule has 2 aromatic rings. The maximum Gasteiger partial charge on any atom is 0.323 e. The first-order valence-electron chi connectivity index (χ1n) is 11.9. The van der Waals surface area contributed by atoms with Crippen LogP contribution in [0.5, 0.6) is 6.01 Å². The molecule has 4 heterocycles. The minimum absolute atomic E-state index is 0.101. The van der Waals surface area contributed by atoms with Crippen molar-refractivity contribution in [3.63, 3.8) is 0 Å². The molecule has 1 fully saturated rings. The van der Waals surface area contributed by atoms with E-state index in [0.29, 0.717) is 36.3 Å². The van der Waals surface area contributed by atoms with Crippen LogP contribution in [-0.4, -0.2) is 45.8 Å². The fourth-order valence-corrected chi connectivity index (χ4v) is 5.29. The van der Waals surface area contributed by atoms with Gasteiger partial charge in [0.2, 0.25) is 11.9 Å². The Hall–Kier alpha value is -2.90. The summed E-state index contributed by atoms with van der Waals surface area (Å²) < 4.78 is 7.60. The zero-order valence-electron chi connectivity index (χ0n) is 18.8. The van der Waals surface area contributed by atoms with E-state index in [1.807, 2.05) is 17.6 Å². The normalized spacial score (nSPS) is 22.2. The van der Waals surface area contributed by atoms with Gasteiger partial charge in [0, 0.05) is 43.9 Å². The molecule has 1 N–H and O–H groups in total. The first-order chi connectivity index (χ1) is 15.7. The average Bonchev–Trinajstić information content (AvgIpc) is 2.81. The van der Waals surface area contributed by atoms with E-state index in [2.05, 4.69) is 32.3 Å². The summed E-state index contributed by atoms with van der Waals surface area (Å²) in [5.41, 5.74) is 2.75. The topological polar surface area (TPSA) is 85.2 Å². The first kappa shape index (κ1) is 21.0. The van der Waals surface area contributed by atoms with E-state index in [-0.39, 0.29) is 5.56 Å². The monoisotopic (exact) mass is 436 g/mol. The SMILES string of the molecule is CCOc1nc(NCCC2=CCCCC2)nc(N2C[C@@H]3C[C@H](C2)c2cccc(=O)n2C3)n1. The molecule has 0 aromatic carbocycles. The Labute approximate surface area is 188 Å². The highest BCUT2D eigenvalue weighted by atomic mass is 16.5. The number of fused-ring (bicyclic) bond motifs is 4. The van der Waals surface area contributed by atoms with Crippen LogP contribution in [-0.2, 0) is 6.54 Å². The molecule has 2 aliphatic heterocycles. The lowest BCUT2D eigenvalue weighted by Gasteiger charge is -2.42. The van der Waals surface area contributed by atoms with Gasteiger partial charge in [-0.1, -0.05) is 17.7 Å². The summed E-state index contributed by atoms with van der Waals surface area (Å²) >= 11 is 0. The third-order valence-electron chi connectivity index (χ3n) is 6.75. The predicted octanol–water partition coefficient (Wildman–Crippen LogP) is 3.36. The number of nitrogens with zero attached hydrogens (tertiary/aromatic N) is 5. The van der Waals surface area contributed by atoms with Gasteiger partial charge in [-0.15, -0.1) is 0 Å². The maximum atomic E-state index is 12.3. The van der Waals surface area contributed by atoms with Crippen molar-refractivity contribution < 1.29 is 4.74 Å². The number of rotatable bonds is 7. The third-order valence-corrected chi connectivity index (χ3v) is 6.75. The molecule has 3 aliphatic rings. The van der Waals surface area contributed by atoms with Crippen molar-refractivity contribution in [3.8, 4) is 6.01 Å². The van der Waals surface area contributed by atoms with Crippen LogP contribution in [0.25, 0.3) is 0 Å². The van der Waals surface area contributed by atoms with E-state index >= 15 is 0 Å². The molecular formula is C24H32N6O2. The van der Waals surface area contributed by atoms with Gasteiger partial charge >= 0.3 is 6.01 Å². The maximum absolute atomic E-state index is 12.3. The summed E-state index contributed by atoms with van der Waals surface area (Å²) in [7, 11) is 0. The summed E-state index contributed by atoms with van der Waals surface area (Å²) in [5, 5.41) is 3.39. The molecule has 170 valence electrons. The Kier molecular flexibility index (Phi) is 6.10. The van der Waals surface area contributed by atoms with E-state index in [1.165, 1.54) is 31.3 Å². The summed E-state index contributed by atoms with van der Waals surface area (Å²) in [6.07, 6.45) is 9.51. The summed E-state index contributed by atoms with van der Waals surface area (Å²) in [6, 6.07) is 5.97. The Balaban J connectivity index is 1.33. The molecule has 0 unspecified atom stereocenters. The lowest BCUT2D eigenvalue weighted by atomic mass is 9.83. The molecule has 0 spiro atoms. The van der Waals surface area contributed by atoms with Crippen LogP contribution in [0.4, 0.5) is 11.9 Å². The Morgan fingerprint density at radius 1 is 1.16 bits per heavy atom. The largest absolute Gasteiger partial charge is 0.464 e. The fourth-order valence-electron chi connectivity index (χ4n) is 5.29. The van der Waals surface area contributed by atoms with Crippen molar-refractivity contribution >= 4 is 11.9 Å². The van der Waals surface area contributed by atoms with E-state index in [1.54, 1.807) is 6.07 Å². The minimum Gasteiger partial charge on any atom is -0.464 e. The molecule has 5 rings (SSSR count). The van der Waals surface area contributed by atoms with Crippen molar-refractivity contribution in [3.05, 3.63) is 45.9 Å². The van der Waals surface area contributed by atoms with Gasteiger partial charge in [-0.25, -0.2) is 0 Å². The molecule has 1 saturated heterocycles.